The van der Waals surface area contributed by atoms with Crippen molar-refractivity contribution >= 4 is 49.1 Å². The van der Waals surface area contributed by atoms with Gasteiger partial charge in [0.05, 0.1) is 10.7 Å². The number of aromatic nitrogens is 2. The highest BCUT2D eigenvalue weighted by molar-refractivity contribution is 9.10. The normalized spacial score (nSPS) is 12.1. The second-order valence-electron chi connectivity index (χ2n) is 4.07. The minimum atomic E-state index is -4.22. The summed E-state index contributed by atoms with van der Waals surface area (Å²) in [5.74, 6) is -1.10. The summed E-state index contributed by atoms with van der Waals surface area (Å²) < 4.78 is 44.3. The molecule has 6 nitrogen and oxygen atoms in total. The maximum absolute atomic E-state index is 13.7. The Balaban J connectivity index is 2.34. The lowest BCUT2D eigenvalue weighted by Gasteiger charge is -2.01. The number of hydrogen-bond donors (Lipinski definition) is 2. The Bertz CT molecular complexity index is 1020. The molecule has 1 aromatic carbocycles. The van der Waals surface area contributed by atoms with Crippen LogP contribution in [-0.2, 0) is 10.0 Å². The standard InChI is InChI=1S/C11H6BrFN2O4S2/c12-8-5-2-1-3-6(13)9(5)19-10(8)21(17,18)15-4-7(16)14-11(15)20/h1-4,16H,(H,14,20). The van der Waals surface area contributed by atoms with Crippen LogP contribution in [0, 0.1) is 10.6 Å². The van der Waals surface area contributed by atoms with E-state index in [1.54, 1.807) is 0 Å². The third-order valence-electron chi connectivity index (χ3n) is 2.75. The van der Waals surface area contributed by atoms with Crippen molar-refractivity contribution in [3.05, 3.63) is 39.5 Å². The molecule has 0 bridgehead atoms. The van der Waals surface area contributed by atoms with Crippen molar-refractivity contribution in [1.29, 1.82) is 0 Å². The molecule has 110 valence electrons. The van der Waals surface area contributed by atoms with Crippen LogP contribution in [0.2, 0.25) is 0 Å². The average molecular weight is 393 g/mol. The summed E-state index contributed by atoms with van der Waals surface area (Å²) in [4.78, 5) is 2.27. The monoisotopic (exact) mass is 392 g/mol. The van der Waals surface area contributed by atoms with E-state index in [0.717, 1.165) is 12.3 Å². The molecule has 0 aliphatic heterocycles. The molecule has 0 aliphatic rings. The zero-order valence-corrected chi connectivity index (χ0v) is 13.2. The summed E-state index contributed by atoms with van der Waals surface area (Å²) in [6, 6.07) is 4.10. The van der Waals surface area contributed by atoms with Gasteiger partial charge in [0, 0.05) is 5.39 Å². The van der Waals surface area contributed by atoms with Gasteiger partial charge >= 0.3 is 10.0 Å². The molecule has 0 spiro atoms. The number of nitrogens with zero attached hydrogens (tertiary/aromatic N) is 1. The average Bonchev–Trinajstić information content (AvgIpc) is 2.92. The summed E-state index contributed by atoms with van der Waals surface area (Å²) in [5.41, 5.74) is -0.186. The summed E-state index contributed by atoms with van der Waals surface area (Å²) in [7, 11) is -4.22. The van der Waals surface area contributed by atoms with Gasteiger partial charge in [-0.1, -0.05) is 6.07 Å². The quantitative estimate of drug-likeness (QED) is 0.654. The van der Waals surface area contributed by atoms with E-state index < -0.39 is 26.8 Å². The zero-order chi connectivity index (χ0) is 15.4. The molecule has 3 rings (SSSR count). The molecule has 0 unspecified atom stereocenters. The smallest absolute Gasteiger partial charge is 0.304 e. The number of aromatic amines is 1. The van der Waals surface area contributed by atoms with Gasteiger partial charge in [-0.25, -0.2) is 8.36 Å². The maximum atomic E-state index is 13.7. The van der Waals surface area contributed by atoms with E-state index >= 15 is 0 Å². The zero-order valence-electron chi connectivity index (χ0n) is 10.0. The predicted molar refractivity (Wildman–Crippen MR) is 77.7 cm³/mol. The highest BCUT2D eigenvalue weighted by atomic mass is 79.9. The SMILES string of the molecule is O=S(=O)(c1oc2c(F)cccc2c1Br)n1cc(O)[nH]c1=S. The Kier molecular flexibility index (Phi) is 3.19. The topological polar surface area (TPSA) is 88.2 Å². The minimum absolute atomic E-state index is 0.0830. The van der Waals surface area contributed by atoms with Crippen molar-refractivity contribution in [2.75, 3.05) is 0 Å². The van der Waals surface area contributed by atoms with Crippen LogP contribution in [0.3, 0.4) is 0 Å². The van der Waals surface area contributed by atoms with Gasteiger partial charge in [0.1, 0.15) is 0 Å². The molecular weight excluding hydrogens is 387 g/mol. The van der Waals surface area contributed by atoms with Crippen LogP contribution in [-0.4, -0.2) is 22.5 Å². The number of benzene rings is 1. The number of halogens is 2. The van der Waals surface area contributed by atoms with E-state index in [1.807, 2.05) is 0 Å². The number of imidazole rings is 1. The number of rotatable bonds is 2. The van der Waals surface area contributed by atoms with Crippen LogP contribution in [0.15, 0.2) is 38.4 Å². The van der Waals surface area contributed by atoms with Crippen LogP contribution < -0.4 is 0 Å². The first-order chi connectivity index (χ1) is 9.82. The predicted octanol–water partition coefficient (Wildman–Crippen LogP) is 3.14. The Morgan fingerprint density at radius 2 is 2.14 bits per heavy atom. The molecule has 21 heavy (non-hydrogen) atoms. The molecule has 0 amide bonds. The first-order valence-corrected chi connectivity index (χ1v) is 8.09. The van der Waals surface area contributed by atoms with Crippen molar-refractivity contribution in [3.8, 4) is 5.88 Å². The Hall–Kier alpha value is -1.65. The highest BCUT2D eigenvalue weighted by Gasteiger charge is 2.29. The molecule has 0 aliphatic carbocycles. The van der Waals surface area contributed by atoms with E-state index in [4.69, 9.17) is 16.6 Å². The molecule has 0 radical (unpaired) electrons. The molecular formula is C11H6BrFN2O4S2. The highest BCUT2D eigenvalue weighted by Crippen LogP contribution is 2.36. The van der Waals surface area contributed by atoms with Crippen LogP contribution in [0.4, 0.5) is 4.39 Å². The number of para-hydroxylation sites is 1. The fraction of sp³-hybridized carbons (Fsp3) is 0. The summed E-state index contributed by atoms with van der Waals surface area (Å²) in [5, 5.41) is 9.06. The van der Waals surface area contributed by atoms with Crippen molar-refractivity contribution in [2.45, 2.75) is 5.09 Å². The summed E-state index contributed by atoms with van der Waals surface area (Å²) in [6.45, 7) is 0. The number of hydrogen-bond acceptors (Lipinski definition) is 5. The number of furan rings is 1. The molecule has 0 saturated heterocycles. The van der Waals surface area contributed by atoms with Crippen LogP contribution in [0.25, 0.3) is 11.0 Å². The van der Waals surface area contributed by atoms with Crippen LogP contribution in [0.1, 0.15) is 0 Å². The molecule has 0 saturated carbocycles. The van der Waals surface area contributed by atoms with Gasteiger partial charge in [0.2, 0.25) is 5.88 Å². The number of fused-ring (bicyclic) bond motifs is 1. The van der Waals surface area contributed by atoms with Gasteiger partial charge < -0.3 is 14.5 Å². The third-order valence-corrected chi connectivity index (χ3v) is 5.77. The Labute approximate surface area is 131 Å². The first-order valence-electron chi connectivity index (χ1n) is 5.45. The molecule has 10 heteroatoms. The van der Waals surface area contributed by atoms with E-state index in [-0.39, 0.29) is 20.2 Å². The van der Waals surface area contributed by atoms with E-state index in [9.17, 15) is 17.9 Å². The second kappa shape index (κ2) is 4.68. The Morgan fingerprint density at radius 3 is 2.71 bits per heavy atom. The number of aromatic hydroxyl groups is 1. The Morgan fingerprint density at radius 1 is 1.43 bits per heavy atom. The van der Waals surface area contributed by atoms with Crippen molar-refractivity contribution in [2.24, 2.45) is 0 Å². The van der Waals surface area contributed by atoms with Crippen molar-refractivity contribution in [1.82, 2.24) is 8.96 Å². The molecule has 3 aromatic rings. The second-order valence-corrected chi connectivity index (χ2v) is 6.96. The fourth-order valence-corrected chi connectivity index (χ4v) is 4.50. The molecule has 2 aromatic heterocycles. The van der Waals surface area contributed by atoms with E-state index in [2.05, 4.69) is 20.9 Å². The van der Waals surface area contributed by atoms with Gasteiger partial charge in [0.15, 0.2) is 16.2 Å². The van der Waals surface area contributed by atoms with Gasteiger partial charge in [-0.2, -0.15) is 8.42 Å². The molecule has 0 fully saturated rings. The number of H-pyrrole nitrogens is 1. The lowest BCUT2D eigenvalue weighted by Crippen LogP contribution is -2.11. The van der Waals surface area contributed by atoms with Crippen molar-refractivity contribution in [3.63, 3.8) is 0 Å². The van der Waals surface area contributed by atoms with E-state index in [1.165, 1.54) is 12.1 Å². The van der Waals surface area contributed by atoms with E-state index in [0.29, 0.717) is 3.97 Å². The van der Waals surface area contributed by atoms with Crippen LogP contribution >= 0.6 is 28.1 Å². The van der Waals surface area contributed by atoms with Crippen LogP contribution in [0.5, 0.6) is 5.88 Å². The summed E-state index contributed by atoms with van der Waals surface area (Å²) >= 11 is 7.90. The molecule has 2 N–H and O–H groups in total. The molecule has 2 heterocycles. The van der Waals surface area contributed by atoms with Gasteiger partial charge in [-0.05, 0) is 40.3 Å². The van der Waals surface area contributed by atoms with Gasteiger partial charge in [0.25, 0.3) is 5.09 Å². The lowest BCUT2D eigenvalue weighted by atomic mass is 10.2. The lowest BCUT2D eigenvalue weighted by molar-refractivity contribution is 0.454. The van der Waals surface area contributed by atoms with Gasteiger partial charge in [-0.15, -0.1) is 0 Å². The number of nitrogens with one attached hydrogen (secondary N) is 1. The molecule has 0 atom stereocenters. The third kappa shape index (κ3) is 2.10. The van der Waals surface area contributed by atoms with Crippen molar-refractivity contribution < 1.29 is 22.3 Å². The largest absolute Gasteiger partial charge is 0.493 e. The maximum Gasteiger partial charge on any atom is 0.304 e. The fourth-order valence-electron chi connectivity index (χ4n) is 1.83. The van der Waals surface area contributed by atoms with Gasteiger partial charge in [-0.3, -0.25) is 0 Å². The summed E-state index contributed by atoms with van der Waals surface area (Å²) in [6.07, 6.45) is 0.896. The first kappa shape index (κ1) is 14.3. The minimum Gasteiger partial charge on any atom is -0.493 e.